The van der Waals surface area contributed by atoms with E-state index in [-0.39, 0.29) is 54.5 Å². The number of hydrogen-bond donors (Lipinski definition) is 1. The largest absolute Gasteiger partial charge is 0.493 e. The molecular formula is C38H65N3O8. The van der Waals surface area contributed by atoms with E-state index in [4.69, 9.17) is 23.7 Å². The summed E-state index contributed by atoms with van der Waals surface area (Å²) in [5.41, 5.74) is -0.551. The maximum atomic E-state index is 13.9. The number of nitrogens with one attached hydrogen (secondary N) is 1. The first-order chi connectivity index (χ1) is 22.8. The summed E-state index contributed by atoms with van der Waals surface area (Å²) in [7, 11) is 6.71. The molecule has 0 saturated carbocycles. The van der Waals surface area contributed by atoms with E-state index in [0.29, 0.717) is 37.6 Å². The molecule has 4 atom stereocenters. The van der Waals surface area contributed by atoms with Crippen LogP contribution < -0.4 is 14.8 Å². The lowest BCUT2D eigenvalue weighted by Crippen LogP contribution is -2.51. The van der Waals surface area contributed by atoms with E-state index >= 15 is 0 Å². The standard InChI is InChI=1S/C38H65N3O8/c1-25(2)28(21-27-15-16-31(46-13)33(22-27)47-20-14-19-45-12)23-30-32(48-38(8,9)41(30)36(44)49-37(5,6)7)24-29(26(3)4)35(43)39-18-17-34(42)40(10)11/h15-16,22,25-26,28-30,32H,14,17-21,23-24H2,1-13H3,(H,39,43)/t28-,29-,30-,32-/m0/s1. The maximum Gasteiger partial charge on any atom is 0.412 e. The second kappa shape index (κ2) is 18.8. The summed E-state index contributed by atoms with van der Waals surface area (Å²) < 4.78 is 29.5. The van der Waals surface area contributed by atoms with Crippen LogP contribution in [0.2, 0.25) is 0 Å². The Labute approximate surface area is 295 Å². The van der Waals surface area contributed by atoms with Crippen LogP contribution in [-0.2, 0) is 30.2 Å². The Morgan fingerprint density at radius 3 is 2.22 bits per heavy atom. The molecule has 1 aromatic rings. The summed E-state index contributed by atoms with van der Waals surface area (Å²) in [4.78, 5) is 42.8. The van der Waals surface area contributed by atoms with Crippen molar-refractivity contribution in [1.29, 1.82) is 0 Å². The SMILES string of the molecule is COCCCOc1cc(C[C@@H](C[C@H]2[C@H](C[C@H](C(=O)NCCC(=O)N(C)C)C(C)C)OC(C)(C)N2C(=O)OC(C)(C)C)C(C)C)ccc1OC. The van der Waals surface area contributed by atoms with Gasteiger partial charge >= 0.3 is 6.09 Å². The molecule has 1 aliphatic heterocycles. The molecule has 0 bridgehead atoms. The van der Waals surface area contributed by atoms with Crippen LogP contribution in [0, 0.1) is 23.7 Å². The third kappa shape index (κ3) is 13.0. The zero-order chi connectivity index (χ0) is 37.1. The van der Waals surface area contributed by atoms with Crippen LogP contribution in [0.3, 0.4) is 0 Å². The van der Waals surface area contributed by atoms with Crippen molar-refractivity contribution in [3.63, 3.8) is 0 Å². The van der Waals surface area contributed by atoms with Crippen molar-refractivity contribution in [3.8, 4) is 11.5 Å². The van der Waals surface area contributed by atoms with E-state index in [1.54, 1.807) is 33.2 Å². The quantitative estimate of drug-likeness (QED) is 0.178. The second-order valence-electron chi connectivity index (χ2n) is 15.6. The number of benzene rings is 1. The number of amides is 3. The molecule has 1 fully saturated rings. The van der Waals surface area contributed by atoms with E-state index < -0.39 is 23.5 Å². The first kappa shape index (κ1) is 42.1. The molecule has 1 aromatic carbocycles. The fourth-order valence-corrected chi connectivity index (χ4v) is 6.33. The predicted molar refractivity (Wildman–Crippen MR) is 192 cm³/mol. The van der Waals surface area contributed by atoms with E-state index in [1.807, 2.05) is 60.6 Å². The van der Waals surface area contributed by atoms with Gasteiger partial charge in [0.25, 0.3) is 0 Å². The molecule has 1 saturated heterocycles. The van der Waals surface area contributed by atoms with Crippen LogP contribution in [0.25, 0.3) is 0 Å². The highest BCUT2D eigenvalue weighted by Gasteiger charge is 2.52. The lowest BCUT2D eigenvalue weighted by atomic mass is 9.80. The molecule has 0 aromatic heterocycles. The van der Waals surface area contributed by atoms with E-state index in [0.717, 1.165) is 18.4 Å². The van der Waals surface area contributed by atoms with Crippen LogP contribution in [0.5, 0.6) is 11.5 Å². The summed E-state index contributed by atoms with van der Waals surface area (Å²) in [6, 6.07) is 5.70. The second-order valence-corrected chi connectivity index (χ2v) is 15.6. The zero-order valence-corrected chi connectivity index (χ0v) is 32.5. The molecule has 0 aliphatic carbocycles. The van der Waals surface area contributed by atoms with Gasteiger partial charge in [0.05, 0.1) is 25.9 Å². The molecule has 0 unspecified atom stereocenters. The van der Waals surface area contributed by atoms with Gasteiger partial charge in [-0.05, 0) is 89.3 Å². The zero-order valence-electron chi connectivity index (χ0n) is 32.5. The number of methoxy groups -OCH3 is 2. The molecule has 49 heavy (non-hydrogen) atoms. The molecule has 2 rings (SSSR count). The van der Waals surface area contributed by atoms with Crippen LogP contribution in [0.4, 0.5) is 4.79 Å². The van der Waals surface area contributed by atoms with Crippen molar-refractivity contribution in [3.05, 3.63) is 23.8 Å². The van der Waals surface area contributed by atoms with Crippen LogP contribution in [0.1, 0.15) is 93.6 Å². The normalized spacial score (nSPS) is 18.7. The van der Waals surface area contributed by atoms with Gasteiger partial charge in [-0.15, -0.1) is 0 Å². The Kier molecular flexibility index (Phi) is 16.2. The van der Waals surface area contributed by atoms with Crippen molar-refractivity contribution in [2.24, 2.45) is 23.7 Å². The first-order valence-electron chi connectivity index (χ1n) is 17.8. The minimum atomic E-state index is -0.960. The number of carbonyl (C=O) groups is 3. The molecule has 280 valence electrons. The molecule has 1 N–H and O–H groups in total. The average molecular weight is 692 g/mol. The monoisotopic (exact) mass is 691 g/mol. The van der Waals surface area contributed by atoms with Crippen LogP contribution >= 0.6 is 0 Å². The number of hydrogen-bond acceptors (Lipinski definition) is 8. The smallest absolute Gasteiger partial charge is 0.412 e. The summed E-state index contributed by atoms with van der Waals surface area (Å²) in [5.74, 6) is 1.27. The van der Waals surface area contributed by atoms with Gasteiger partial charge in [-0.1, -0.05) is 33.8 Å². The van der Waals surface area contributed by atoms with Gasteiger partial charge in [0.2, 0.25) is 11.8 Å². The van der Waals surface area contributed by atoms with Gasteiger partial charge in [0.15, 0.2) is 11.5 Å². The average Bonchev–Trinajstić information content (AvgIpc) is 3.24. The molecular weight excluding hydrogens is 626 g/mol. The van der Waals surface area contributed by atoms with Gasteiger partial charge in [-0.3, -0.25) is 14.5 Å². The molecule has 11 heteroatoms. The number of carbonyl (C=O) groups excluding carboxylic acids is 3. The Hall–Kier alpha value is -3.05. The van der Waals surface area contributed by atoms with Gasteiger partial charge in [0.1, 0.15) is 11.3 Å². The Morgan fingerprint density at radius 1 is 1.00 bits per heavy atom. The maximum absolute atomic E-state index is 13.9. The van der Waals surface area contributed by atoms with Crippen LogP contribution in [-0.4, -0.2) is 99.3 Å². The fourth-order valence-electron chi connectivity index (χ4n) is 6.33. The predicted octanol–water partition coefficient (Wildman–Crippen LogP) is 6.31. The molecule has 11 nitrogen and oxygen atoms in total. The highest BCUT2D eigenvalue weighted by Crippen LogP contribution is 2.41. The van der Waals surface area contributed by atoms with Crippen molar-refractivity contribution in [1.82, 2.24) is 15.1 Å². The van der Waals surface area contributed by atoms with Gasteiger partial charge in [-0.2, -0.15) is 0 Å². The van der Waals surface area contributed by atoms with Crippen molar-refractivity contribution in [2.75, 3.05) is 48.1 Å². The third-order valence-corrected chi connectivity index (χ3v) is 9.10. The topological polar surface area (TPSA) is 116 Å². The van der Waals surface area contributed by atoms with Gasteiger partial charge in [0, 0.05) is 53.1 Å². The summed E-state index contributed by atoms with van der Waals surface area (Å²) in [6.07, 6.45) is 1.96. The van der Waals surface area contributed by atoms with Gasteiger partial charge in [-0.25, -0.2) is 4.79 Å². The molecule has 3 amide bonds. The minimum absolute atomic E-state index is 0.00925. The van der Waals surface area contributed by atoms with Crippen molar-refractivity contribution >= 4 is 17.9 Å². The lowest BCUT2D eigenvalue weighted by Gasteiger charge is -2.37. The van der Waals surface area contributed by atoms with Crippen LogP contribution in [0.15, 0.2) is 18.2 Å². The number of nitrogens with zero attached hydrogens (tertiary/aromatic N) is 2. The Balaban J connectivity index is 2.42. The highest BCUT2D eigenvalue weighted by molar-refractivity contribution is 5.80. The molecule has 1 aliphatic rings. The number of rotatable bonds is 18. The highest BCUT2D eigenvalue weighted by atomic mass is 16.6. The summed E-state index contributed by atoms with van der Waals surface area (Å²) in [5, 5.41) is 2.98. The van der Waals surface area contributed by atoms with Crippen molar-refractivity contribution < 1.29 is 38.1 Å². The third-order valence-electron chi connectivity index (χ3n) is 9.10. The Bertz CT molecular complexity index is 1210. The van der Waals surface area contributed by atoms with Gasteiger partial charge < -0.3 is 33.9 Å². The molecule has 0 radical (unpaired) electrons. The minimum Gasteiger partial charge on any atom is -0.493 e. The summed E-state index contributed by atoms with van der Waals surface area (Å²) in [6.45, 7) is 19.2. The van der Waals surface area contributed by atoms with E-state index in [2.05, 4.69) is 25.2 Å². The van der Waals surface area contributed by atoms with E-state index in [1.165, 1.54) is 4.90 Å². The fraction of sp³-hybridized carbons (Fsp3) is 0.763. The summed E-state index contributed by atoms with van der Waals surface area (Å²) >= 11 is 0. The molecule has 0 spiro atoms. The first-order valence-corrected chi connectivity index (χ1v) is 17.8. The Morgan fingerprint density at radius 2 is 1.67 bits per heavy atom. The lowest BCUT2D eigenvalue weighted by molar-refractivity contribution is -0.130. The number of ether oxygens (including phenoxy) is 5. The van der Waals surface area contributed by atoms with E-state index in [9.17, 15) is 14.4 Å². The van der Waals surface area contributed by atoms with Crippen molar-refractivity contribution in [2.45, 2.75) is 118 Å². The molecule has 1 heterocycles.